The second kappa shape index (κ2) is 5.81. The molecule has 6 nitrogen and oxygen atoms in total. The van der Waals surface area contributed by atoms with Gasteiger partial charge in [-0.1, -0.05) is 0 Å². The molecule has 1 aromatic carbocycles. The third-order valence-corrected chi connectivity index (χ3v) is 3.67. The standard InChI is InChI=1S/C14H19N3O3/c1-16-13(18)9-3-2-6-17(8-9)10-4-5-12(15)11(7-10)14(19)20/h4-5,7,9H,2-3,6,8,15H2,1H3,(H,16,18)(H,19,20). The molecule has 1 unspecified atom stereocenters. The summed E-state index contributed by atoms with van der Waals surface area (Å²) in [6.45, 7) is 1.42. The zero-order valence-electron chi connectivity index (χ0n) is 11.4. The lowest BCUT2D eigenvalue weighted by Gasteiger charge is -2.33. The van der Waals surface area contributed by atoms with E-state index in [0.717, 1.165) is 25.1 Å². The highest BCUT2D eigenvalue weighted by Crippen LogP contribution is 2.26. The van der Waals surface area contributed by atoms with Crippen LogP contribution in [0.5, 0.6) is 0 Å². The summed E-state index contributed by atoms with van der Waals surface area (Å²) in [5, 5.41) is 11.8. The molecule has 0 radical (unpaired) electrons. The SMILES string of the molecule is CNC(=O)C1CCCN(c2ccc(N)c(C(=O)O)c2)C1. The largest absolute Gasteiger partial charge is 0.478 e. The van der Waals surface area contributed by atoms with E-state index in [9.17, 15) is 9.59 Å². The minimum atomic E-state index is -1.04. The predicted molar refractivity (Wildman–Crippen MR) is 76.8 cm³/mol. The first-order chi connectivity index (χ1) is 9.52. The Kier molecular flexibility index (Phi) is 4.12. The lowest BCUT2D eigenvalue weighted by atomic mass is 9.96. The van der Waals surface area contributed by atoms with E-state index in [1.807, 2.05) is 4.90 Å². The maximum Gasteiger partial charge on any atom is 0.337 e. The van der Waals surface area contributed by atoms with E-state index >= 15 is 0 Å². The summed E-state index contributed by atoms with van der Waals surface area (Å²) >= 11 is 0. The number of nitrogens with two attached hydrogens (primary N) is 1. The number of carbonyl (C=O) groups is 2. The smallest absolute Gasteiger partial charge is 0.337 e. The highest BCUT2D eigenvalue weighted by atomic mass is 16.4. The minimum absolute atomic E-state index is 0.0311. The maximum absolute atomic E-state index is 11.7. The van der Waals surface area contributed by atoms with Crippen LogP contribution in [0.25, 0.3) is 0 Å². The van der Waals surface area contributed by atoms with Crippen LogP contribution < -0.4 is 16.0 Å². The Hall–Kier alpha value is -2.24. The number of carboxylic acid groups (broad SMARTS) is 1. The Morgan fingerprint density at radius 1 is 1.45 bits per heavy atom. The molecule has 0 spiro atoms. The monoisotopic (exact) mass is 277 g/mol. The van der Waals surface area contributed by atoms with Crippen molar-refractivity contribution in [2.24, 2.45) is 5.92 Å². The number of nitrogens with one attached hydrogen (secondary N) is 1. The van der Waals surface area contributed by atoms with Crippen molar-refractivity contribution in [3.63, 3.8) is 0 Å². The average Bonchev–Trinajstić information content (AvgIpc) is 2.46. The topological polar surface area (TPSA) is 95.7 Å². The molecule has 1 amide bonds. The van der Waals surface area contributed by atoms with Crippen LogP contribution in [-0.4, -0.2) is 37.1 Å². The number of carboxylic acids is 1. The first-order valence-corrected chi connectivity index (χ1v) is 6.62. The number of nitrogen functional groups attached to an aromatic ring is 1. The molecule has 0 saturated carbocycles. The minimum Gasteiger partial charge on any atom is -0.478 e. The van der Waals surface area contributed by atoms with Gasteiger partial charge in [0, 0.05) is 31.5 Å². The number of benzene rings is 1. The number of carbonyl (C=O) groups excluding carboxylic acids is 1. The van der Waals surface area contributed by atoms with E-state index in [-0.39, 0.29) is 23.1 Å². The molecule has 0 aliphatic carbocycles. The zero-order valence-corrected chi connectivity index (χ0v) is 11.4. The fourth-order valence-corrected chi connectivity index (χ4v) is 2.56. The van der Waals surface area contributed by atoms with Crippen molar-refractivity contribution in [2.45, 2.75) is 12.8 Å². The first kappa shape index (κ1) is 14.2. The van der Waals surface area contributed by atoms with Crippen LogP contribution in [0.3, 0.4) is 0 Å². The normalized spacial score (nSPS) is 18.6. The highest BCUT2D eigenvalue weighted by molar-refractivity contribution is 5.95. The van der Waals surface area contributed by atoms with Crippen LogP contribution in [0.4, 0.5) is 11.4 Å². The molecule has 1 atom stereocenters. The van der Waals surface area contributed by atoms with Crippen molar-refractivity contribution < 1.29 is 14.7 Å². The third kappa shape index (κ3) is 2.84. The van der Waals surface area contributed by atoms with E-state index < -0.39 is 5.97 Å². The van der Waals surface area contributed by atoms with Crippen LogP contribution in [-0.2, 0) is 4.79 Å². The zero-order chi connectivity index (χ0) is 14.7. The molecule has 1 saturated heterocycles. The van der Waals surface area contributed by atoms with E-state index in [0.29, 0.717) is 6.54 Å². The molecule has 1 aliphatic rings. The van der Waals surface area contributed by atoms with Gasteiger partial charge >= 0.3 is 5.97 Å². The Labute approximate surface area is 117 Å². The molecule has 108 valence electrons. The molecule has 20 heavy (non-hydrogen) atoms. The molecule has 1 aliphatic heterocycles. The van der Waals surface area contributed by atoms with E-state index in [4.69, 9.17) is 10.8 Å². The van der Waals surface area contributed by atoms with Crippen LogP contribution in [0.15, 0.2) is 18.2 Å². The van der Waals surface area contributed by atoms with Crippen molar-refractivity contribution in [2.75, 3.05) is 30.8 Å². The maximum atomic E-state index is 11.7. The van der Waals surface area contributed by atoms with Gasteiger partial charge in [0.2, 0.25) is 5.91 Å². The van der Waals surface area contributed by atoms with Crippen molar-refractivity contribution in [1.82, 2.24) is 5.32 Å². The van der Waals surface area contributed by atoms with E-state index in [2.05, 4.69) is 5.32 Å². The highest BCUT2D eigenvalue weighted by Gasteiger charge is 2.25. The summed E-state index contributed by atoms with van der Waals surface area (Å²) in [4.78, 5) is 24.9. The van der Waals surface area contributed by atoms with Gasteiger partial charge in [0.25, 0.3) is 0 Å². The van der Waals surface area contributed by atoms with Gasteiger partial charge in [-0.2, -0.15) is 0 Å². The average molecular weight is 277 g/mol. The summed E-state index contributed by atoms with van der Waals surface area (Å²) in [5.41, 5.74) is 6.80. The van der Waals surface area contributed by atoms with Gasteiger partial charge < -0.3 is 21.1 Å². The summed E-state index contributed by atoms with van der Waals surface area (Å²) in [7, 11) is 1.63. The molecule has 4 N–H and O–H groups in total. The van der Waals surface area contributed by atoms with Crippen LogP contribution in [0, 0.1) is 5.92 Å². The predicted octanol–water partition coefficient (Wildman–Crippen LogP) is 0.929. The van der Waals surface area contributed by atoms with E-state index in [1.54, 1.807) is 25.2 Å². The molecular formula is C14H19N3O3. The Balaban J connectivity index is 2.21. The van der Waals surface area contributed by atoms with Gasteiger partial charge in [-0.15, -0.1) is 0 Å². The molecular weight excluding hydrogens is 258 g/mol. The number of hydrogen-bond acceptors (Lipinski definition) is 4. The van der Waals surface area contributed by atoms with Crippen molar-refractivity contribution >= 4 is 23.3 Å². The molecule has 2 rings (SSSR count). The van der Waals surface area contributed by atoms with Crippen LogP contribution in [0.2, 0.25) is 0 Å². The summed E-state index contributed by atoms with van der Waals surface area (Å²) < 4.78 is 0. The third-order valence-electron chi connectivity index (χ3n) is 3.67. The van der Waals surface area contributed by atoms with Crippen molar-refractivity contribution in [3.05, 3.63) is 23.8 Å². The van der Waals surface area contributed by atoms with Gasteiger partial charge in [-0.3, -0.25) is 4.79 Å². The number of hydrogen-bond donors (Lipinski definition) is 3. The number of amides is 1. The molecule has 0 bridgehead atoms. The quantitative estimate of drug-likeness (QED) is 0.714. The van der Waals surface area contributed by atoms with Crippen molar-refractivity contribution in [1.29, 1.82) is 0 Å². The van der Waals surface area contributed by atoms with Gasteiger partial charge in [0.1, 0.15) is 0 Å². The number of aromatic carboxylic acids is 1. The Morgan fingerprint density at radius 3 is 2.85 bits per heavy atom. The van der Waals surface area contributed by atoms with Gasteiger partial charge in [0.15, 0.2) is 0 Å². The van der Waals surface area contributed by atoms with Crippen LogP contribution >= 0.6 is 0 Å². The van der Waals surface area contributed by atoms with Crippen molar-refractivity contribution in [3.8, 4) is 0 Å². The molecule has 1 aromatic rings. The fourth-order valence-electron chi connectivity index (χ4n) is 2.56. The van der Waals surface area contributed by atoms with Crippen LogP contribution in [0.1, 0.15) is 23.2 Å². The first-order valence-electron chi connectivity index (χ1n) is 6.62. The fraction of sp³-hybridized carbons (Fsp3) is 0.429. The molecule has 1 fully saturated rings. The summed E-state index contributed by atoms with van der Waals surface area (Å²) in [5.74, 6) is -1.06. The summed E-state index contributed by atoms with van der Waals surface area (Å²) in [6, 6.07) is 4.97. The number of nitrogens with zero attached hydrogens (tertiary/aromatic N) is 1. The molecule has 1 heterocycles. The van der Waals surface area contributed by atoms with E-state index in [1.165, 1.54) is 0 Å². The second-order valence-corrected chi connectivity index (χ2v) is 4.98. The Morgan fingerprint density at radius 2 is 2.20 bits per heavy atom. The van der Waals surface area contributed by atoms with Gasteiger partial charge in [-0.25, -0.2) is 4.79 Å². The lowest BCUT2D eigenvalue weighted by Crippen LogP contribution is -2.42. The Bertz CT molecular complexity index is 530. The summed E-state index contributed by atoms with van der Waals surface area (Å²) in [6.07, 6.45) is 1.77. The lowest BCUT2D eigenvalue weighted by molar-refractivity contribution is -0.124. The molecule has 6 heteroatoms. The second-order valence-electron chi connectivity index (χ2n) is 4.98. The number of rotatable bonds is 3. The number of anilines is 2. The molecule has 0 aromatic heterocycles. The van der Waals surface area contributed by atoms with Gasteiger partial charge in [0.05, 0.1) is 11.5 Å². The van der Waals surface area contributed by atoms with Gasteiger partial charge in [-0.05, 0) is 31.0 Å². The number of piperidine rings is 1.